The Morgan fingerprint density at radius 3 is 2.44 bits per heavy atom. The highest BCUT2D eigenvalue weighted by atomic mass is 35.5. The van der Waals surface area contributed by atoms with Crippen molar-refractivity contribution in [2.75, 3.05) is 20.6 Å². The Morgan fingerprint density at radius 1 is 1.26 bits per heavy atom. The molecular formula is C21H29ClN2O3. The Labute approximate surface area is 166 Å². The van der Waals surface area contributed by atoms with Gasteiger partial charge >= 0.3 is 6.09 Å². The summed E-state index contributed by atoms with van der Waals surface area (Å²) in [6, 6.07) is 6.99. The van der Waals surface area contributed by atoms with Gasteiger partial charge in [0.1, 0.15) is 5.60 Å². The van der Waals surface area contributed by atoms with Crippen LogP contribution in [0, 0.1) is 0 Å². The summed E-state index contributed by atoms with van der Waals surface area (Å²) < 4.78 is 5.48. The molecule has 1 aliphatic heterocycles. The Hall–Kier alpha value is -2.01. The van der Waals surface area contributed by atoms with Crippen LogP contribution in [-0.4, -0.2) is 54.0 Å². The fraction of sp³-hybridized carbons (Fsp3) is 0.524. The van der Waals surface area contributed by atoms with Crippen molar-refractivity contribution in [1.29, 1.82) is 0 Å². The van der Waals surface area contributed by atoms with Gasteiger partial charge in [-0.2, -0.15) is 0 Å². The molecule has 0 bridgehead atoms. The molecule has 1 atom stereocenters. The Bertz CT molecular complexity index is 705. The molecule has 1 amide bonds. The Morgan fingerprint density at radius 2 is 1.89 bits per heavy atom. The first kappa shape index (κ1) is 21.3. The van der Waals surface area contributed by atoms with Crippen LogP contribution in [0.15, 0.2) is 36.0 Å². The maximum absolute atomic E-state index is 13.3. The van der Waals surface area contributed by atoms with Gasteiger partial charge in [0.05, 0.1) is 6.04 Å². The molecule has 1 aromatic rings. The van der Waals surface area contributed by atoms with E-state index in [-0.39, 0.29) is 5.78 Å². The molecule has 27 heavy (non-hydrogen) atoms. The summed E-state index contributed by atoms with van der Waals surface area (Å²) in [5.74, 6) is -0.0259. The lowest BCUT2D eigenvalue weighted by Crippen LogP contribution is -2.44. The number of halogens is 1. The molecule has 6 heteroatoms. The fourth-order valence-corrected chi connectivity index (χ4v) is 3.25. The van der Waals surface area contributed by atoms with Gasteiger partial charge < -0.3 is 9.64 Å². The highest BCUT2D eigenvalue weighted by molar-refractivity contribution is 6.30. The maximum atomic E-state index is 13.3. The third-order valence-electron chi connectivity index (χ3n) is 4.22. The number of amides is 1. The van der Waals surface area contributed by atoms with Gasteiger partial charge in [-0.15, -0.1) is 0 Å². The van der Waals surface area contributed by atoms with Gasteiger partial charge in [-0.05, 0) is 51.3 Å². The third-order valence-corrected chi connectivity index (χ3v) is 4.47. The van der Waals surface area contributed by atoms with Crippen molar-refractivity contribution in [3.63, 3.8) is 0 Å². The van der Waals surface area contributed by atoms with Crippen molar-refractivity contribution in [3.8, 4) is 0 Å². The molecule has 0 saturated carbocycles. The molecule has 0 N–H and O–H groups in total. The predicted molar refractivity (Wildman–Crippen MR) is 108 cm³/mol. The number of benzene rings is 1. The monoisotopic (exact) mass is 392 g/mol. The minimum atomic E-state index is -0.584. The average Bonchev–Trinajstić information content (AvgIpc) is 3.03. The van der Waals surface area contributed by atoms with E-state index in [1.807, 2.05) is 70.2 Å². The highest BCUT2D eigenvalue weighted by Crippen LogP contribution is 2.25. The number of carbonyl (C=O) groups is 2. The van der Waals surface area contributed by atoms with Crippen molar-refractivity contribution in [2.24, 2.45) is 0 Å². The van der Waals surface area contributed by atoms with Gasteiger partial charge in [-0.1, -0.05) is 23.7 Å². The van der Waals surface area contributed by atoms with Crippen molar-refractivity contribution in [2.45, 2.75) is 51.7 Å². The zero-order chi connectivity index (χ0) is 20.2. The summed E-state index contributed by atoms with van der Waals surface area (Å²) in [4.78, 5) is 29.2. The molecule has 0 spiro atoms. The number of rotatable bonds is 5. The van der Waals surface area contributed by atoms with Gasteiger partial charge in [-0.25, -0.2) is 4.79 Å². The lowest BCUT2D eigenvalue weighted by atomic mass is 9.96. The van der Waals surface area contributed by atoms with Crippen LogP contribution in [-0.2, 0) is 16.0 Å². The zero-order valence-corrected chi connectivity index (χ0v) is 17.5. The van der Waals surface area contributed by atoms with Crippen LogP contribution in [0.25, 0.3) is 0 Å². The number of hydrogen-bond acceptors (Lipinski definition) is 4. The smallest absolute Gasteiger partial charge is 0.410 e. The summed E-state index contributed by atoms with van der Waals surface area (Å²) in [7, 11) is 3.77. The molecule has 0 radical (unpaired) electrons. The second-order valence-electron chi connectivity index (χ2n) is 8.12. The molecule has 1 saturated heterocycles. The summed E-state index contributed by atoms with van der Waals surface area (Å²) in [6.45, 7) is 6.03. The highest BCUT2D eigenvalue weighted by Gasteiger charge is 2.37. The molecule has 1 fully saturated rings. The summed E-state index contributed by atoms with van der Waals surface area (Å²) in [6.07, 6.45) is 3.36. The lowest BCUT2D eigenvalue weighted by Gasteiger charge is -2.28. The largest absolute Gasteiger partial charge is 0.444 e. The van der Waals surface area contributed by atoms with Crippen LogP contribution in [0.3, 0.4) is 0 Å². The number of likely N-dealkylation sites (tertiary alicyclic amines) is 1. The van der Waals surface area contributed by atoms with E-state index in [2.05, 4.69) is 0 Å². The van der Waals surface area contributed by atoms with Gasteiger partial charge in [0.15, 0.2) is 5.78 Å². The summed E-state index contributed by atoms with van der Waals surface area (Å²) in [5, 5.41) is 0.662. The van der Waals surface area contributed by atoms with Gasteiger partial charge in [-0.3, -0.25) is 9.69 Å². The molecule has 2 rings (SSSR count). The van der Waals surface area contributed by atoms with Crippen LogP contribution >= 0.6 is 11.6 Å². The molecule has 0 aliphatic carbocycles. The first-order valence-corrected chi connectivity index (χ1v) is 9.60. The molecule has 1 heterocycles. The molecule has 1 aliphatic rings. The number of Topliss-reactive ketones (excluding diaryl/α,β-unsaturated/α-hetero) is 1. The topological polar surface area (TPSA) is 49.9 Å². The maximum Gasteiger partial charge on any atom is 0.410 e. The molecule has 0 aromatic heterocycles. The van der Waals surface area contributed by atoms with Gasteiger partial charge in [0, 0.05) is 43.9 Å². The van der Waals surface area contributed by atoms with Crippen molar-refractivity contribution >= 4 is 23.5 Å². The lowest BCUT2D eigenvalue weighted by molar-refractivity contribution is -0.119. The molecule has 5 nitrogen and oxygen atoms in total. The van der Waals surface area contributed by atoms with E-state index in [1.165, 1.54) is 0 Å². The molecule has 1 unspecified atom stereocenters. The van der Waals surface area contributed by atoms with E-state index >= 15 is 0 Å². The van der Waals surface area contributed by atoms with E-state index in [9.17, 15) is 9.59 Å². The van der Waals surface area contributed by atoms with Crippen LogP contribution in [0.2, 0.25) is 5.02 Å². The third kappa shape index (κ3) is 6.28. The number of hydrogen-bond donors (Lipinski definition) is 0. The van der Waals surface area contributed by atoms with Gasteiger partial charge in [0.2, 0.25) is 0 Å². The number of carbonyl (C=O) groups excluding carboxylic acids is 2. The first-order chi connectivity index (χ1) is 12.6. The molecule has 1 aromatic carbocycles. The number of nitrogens with zero attached hydrogens (tertiary/aromatic N) is 2. The Balaban J connectivity index is 2.20. The van der Waals surface area contributed by atoms with E-state index in [4.69, 9.17) is 16.3 Å². The zero-order valence-electron chi connectivity index (χ0n) is 16.8. The SMILES string of the molecule is CN(C)/C=C(/Cc1ccc(Cl)cc1)C(=O)C1CCCN1C(=O)OC(C)(C)C. The van der Waals surface area contributed by atoms with Crippen LogP contribution in [0.4, 0.5) is 4.79 Å². The summed E-state index contributed by atoms with van der Waals surface area (Å²) in [5.41, 5.74) is 1.09. The minimum Gasteiger partial charge on any atom is -0.444 e. The number of ether oxygens (including phenoxy) is 1. The van der Waals surface area contributed by atoms with Crippen LogP contribution in [0.5, 0.6) is 0 Å². The minimum absolute atomic E-state index is 0.0259. The Kier molecular flexibility index (Phi) is 6.93. The standard InChI is InChI=1S/C21H29ClN2O3/c1-21(2,3)27-20(26)24-12-6-7-18(24)19(25)16(14-23(4)5)13-15-8-10-17(22)11-9-15/h8-11,14,18H,6-7,12-13H2,1-5H3/b16-14-. The summed E-state index contributed by atoms with van der Waals surface area (Å²) >= 11 is 5.96. The fourth-order valence-electron chi connectivity index (χ4n) is 3.12. The molecular weight excluding hydrogens is 364 g/mol. The van der Waals surface area contributed by atoms with Crippen molar-refractivity contribution in [1.82, 2.24) is 9.80 Å². The van der Waals surface area contributed by atoms with Crippen molar-refractivity contribution in [3.05, 3.63) is 46.6 Å². The normalized spacial score (nSPS) is 17.8. The number of ketones is 1. The van der Waals surface area contributed by atoms with Crippen molar-refractivity contribution < 1.29 is 14.3 Å². The van der Waals surface area contributed by atoms with Gasteiger partial charge in [0.25, 0.3) is 0 Å². The van der Waals surface area contributed by atoms with E-state index in [1.54, 1.807) is 4.90 Å². The van der Waals surface area contributed by atoms with Crippen LogP contribution in [0.1, 0.15) is 39.2 Å². The van der Waals surface area contributed by atoms with Crippen LogP contribution < -0.4 is 0 Å². The predicted octanol–water partition coefficient (Wildman–Crippen LogP) is 4.30. The van der Waals surface area contributed by atoms with E-state index < -0.39 is 17.7 Å². The molecule has 148 valence electrons. The van der Waals surface area contributed by atoms with E-state index in [0.29, 0.717) is 30.0 Å². The first-order valence-electron chi connectivity index (χ1n) is 9.22. The second kappa shape index (κ2) is 8.79. The van der Waals surface area contributed by atoms with E-state index in [0.717, 1.165) is 12.0 Å². The second-order valence-corrected chi connectivity index (χ2v) is 8.55. The average molecular weight is 393 g/mol. The quantitative estimate of drug-likeness (QED) is 0.701.